The zero-order valence-corrected chi connectivity index (χ0v) is 16.9. The highest BCUT2D eigenvalue weighted by Gasteiger charge is 2.23. The van der Waals surface area contributed by atoms with Crippen LogP contribution in [0.25, 0.3) is 0 Å². The summed E-state index contributed by atoms with van der Waals surface area (Å²) in [5.74, 6) is 0.574. The van der Waals surface area contributed by atoms with E-state index in [4.69, 9.17) is 26.2 Å². The second-order valence-corrected chi connectivity index (χ2v) is 8.21. The molecule has 0 aromatic heterocycles. The van der Waals surface area contributed by atoms with E-state index in [1.165, 1.54) is 20.3 Å². The number of ether oxygens (including phenoxy) is 2. The fraction of sp³-hybridized carbons (Fsp3) is 0.278. The summed E-state index contributed by atoms with van der Waals surface area (Å²) in [4.78, 5) is 14.5. The van der Waals surface area contributed by atoms with Crippen molar-refractivity contribution in [2.45, 2.75) is 11.3 Å². The third-order valence-corrected chi connectivity index (χ3v) is 5.66. The van der Waals surface area contributed by atoms with Crippen molar-refractivity contribution in [3.8, 4) is 11.5 Å². The number of hydrogen-bond donors (Lipinski definition) is 2. The molecule has 150 valence electrons. The molecule has 3 rings (SSSR count). The van der Waals surface area contributed by atoms with Crippen LogP contribution in [0.1, 0.15) is 5.56 Å². The van der Waals surface area contributed by atoms with E-state index < -0.39 is 10.0 Å². The molecule has 10 heteroatoms. The molecule has 0 spiro atoms. The Bertz CT molecular complexity index is 1030. The van der Waals surface area contributed by atoms with Gasteiger partial charge in [-0.3, -0.25) is 4.79 Å². The molecule has 2 aromatic carbocycles. The Labute approximate surface area is 168 Å². The fourth-order valence-electron chi connectivity index (χ4n) is 3.11. The van der Waals surface area contributed by atoms with Gasteiger partial charge in [0.2, 0.25) is 15.9 Å². The first kappa shape index (κ1) is 20.2. The third kappa shape index (κ3) is 4.16. The predicted octanol–water partition coefficient (Wildman–Crippen LogP) is 2.01. The molecule has 8 nitrogen and oxygen atoms in total. The number of methoxy groups -OCH3 is 2. The summed E-state index contributed by atoms with van der Waals surface area (Å²) in [6, 6.07) is 7.82. The number of carbonyl (C=O) groups excluding carboxylic acids is 1. The second-order valence-electron chi connectivity index (χ2n) is 6.24. The number of nitrogens with two attached hydrogens (primary N) is 1. The van der Waals surface area contributed by atoms with Crippen LogP contribution in [0, 0.1) is 0 Å². The van der Waals surface area contributed by atoms with Crippen molar-refractivity contribution in [2.24, 2.45) is 5.14 Å². The molecule has 1 heterocycles. The molecule has 0 aliphatic carbocycles. The molecule has 0 fully saturated rings. The molecule has 0 bridgehead atoms. The maximum absolute atomic E-state index is 12.6. The molecule has 28 heavy (non-hydrogen) atoms. The lowest BCUT2D eigenvalue weighted by molar-refractivity contribution is -0.115. The predicted molar refractivity (Wildman–Crippen MR) is 107 cm³/mol. The monoisotopic (exact) mass is 425 g/mol. The SMILES string of the molecule is COc1cc(NC(=O)CN2CCc3cc(S(N)(=O)=O)ccc32)c(OC)cc1Cl. The van der Waals surface area contributed by atoms with Gasteiger partial charge in [-0.1, -0.05) is 11.6 Å². The lowest BCUT2D eigenvalue weighted by Crippen LogP contribution is -2.32. The van der Waals surface area contributed by atoms with E-state index in [0.29, 0.717) is 35.2 Å². The van der Waals surface area contributed by atoms with Gasteiger partial charge in [0.05, 0.1) is 36.4 Å². The number of rotatable bonds is 6. The van der Waals surface area contributed by atoms with E-state index in [0.717, 1.165) is 11.3 Å². The summed E-state index contributed by atoms with van der Waals surface area (Å²) in [7, 11) is -0.796. The molecule has 0 radical (unpaired) electrons. The fourth-order valence-corrected chi connectivity index (χ4v) is 3.90. The Morgan fingerprint density at radius 3 is 2.57 bits per heavy atom. The van der Waals surface area contributed by atoms with E-state index >= 15 is 0 Å². The van der Waals surface area contributed by atoms with Crippen LogP contribution < -0.4 is 24.8 Å². The number of primary sulfonamides is 1. The number of carbonyl (C=O) groups is 1. The first-order valence-electron chi connectivity index (χ1n) is 8.35. The Hall–Kier alpha value is -2.49. The molecular weight excluding hydrogens is 406 g/mol. The number of anilines is 2. The normalized spacial score (nSPS) is 13.2. The smallest absolute Gasteiger partial charge is 0.243 e. The van der Waals surface area contributed by atoms with Crippen molar-refractivity contribution in [3.05, 3.63) is 40.9 Å². The summed E-state index contributed by atoms with van der Waals surface area (Å²) >= 11 is 6.08. The lowest BCUT2D eigenvalue weighted by atomic mass is 10.2. The number of benzene rings is 2. The van der Waals surface area contributed by atoms with Crippen molar-refractivity contribution in [1.82, 2.24) is 0 Å². The van der Waals surface area contributed by atoms with Crippen LogP contribution >= 0.6 is 11.6 Å². The van der Waals surface area contributed by atoms with Crippen LogP contribution in [0.5, 0.6) is 11.5 Å². The van der Waals surface area contributed by atoms with Crippen molar-refractivity contribution in [3.63, 3.8) is 0 Å². The Balaban J connectivity index is 1.76. The highest BCUT2D eigenvalue weighted by atomic mass is 35.5. The summed E-state index contributed by atoms with van der Waals surface area (Å²) in [5.41, 5.74) is 2.09. The molecule has 0 saturated heterocycles. The lowest BCUT2D eigenvalue weighted by Gasteiger charge is -2.20. The minimum Gasteiger partial charge on any atom is -0.495 e. The Morgan fingerprint density at radius 1 is 1.21 bits per heavy atom. The number of halogens is 1. The largest absolute Gasteiger partial charge is 0.495 e. The van der Waals surface area contributed by atoms with Crippen molar-refractivity contribution in [1.29, 1.82) is 0 Å². The zero-order chi connectivity index (χ0) is 20.5. The number of fused-ring (bicyclic) bond motifs is 1. The van der Waals surface area contributed by atoms with E-state index in [1.54, 1.807) is 24.3 Å². The quantitative estimate of drug-likeness (QED) is 0.732. The number of nitrogens with zero attached hydrogens (tertiary/aromatic N) is 1. The summed E-state index contributed by atoms with van der Waals surface area (Å²) in [6.07, 6.45) is 0.629. The topological polar surface area (TPSA) is 111 Å². The minimum absolute atomic E-state index is 0.0653. The summed E-state index contributed by atoms with van der Waals surface area (Å²) in [5, 5.41) is 8.35. The van der Waals surface area contributed by atoms with Gasteiger partial charge in [-0.05, 0) is 30.2 Å². The molecule has 0 unspecified atom stereocenters. The second kappa shape index (κ2) is 7.86. The number of amides is 1. The average Bonchev–Trinajstić information content (AvgIpc) is 3.04. The van der Waals surface area contributed by atoms with Gasteiger partial charge in [0.1, 0.15) is 11.5 Å². The first-order chi connectivity index (χ1) is 13.2. The van der Waals surface area contributed by atoms with E-state index in [-0.39, 0.29) is 17.3 Å². The van der Waals surface area contributed by atoms with Crippen molar-refractivity contribution < 1.29 is 22.7 Å². The van der Waals surface area contributed by atoms with Crippen LogP contribution in [0.2, 0.25) is 5.02 Å². The van der Waals surface area contributed by atoms with Crippen molar-refractivity contribution >= 4 is 38.9 Å². The average molecular weight is 426 g/mol. The van der Waals surface area contributed by atoms with Crippen LogP contribution in [0.3, 0.4) is 0 Å². The third-order valence-electron chi connectivity index (χ3n) is 4.45. The minimum atomic E-state index is -3.76. The first-order valence-corrected chi connectivity index (χ1v) is 10.3. The van der Waals surface area contributed by atoms with Gasteiger partial charge < -0.3 is 19.7 Å². The molecule has 1 aliphatic rings. The molecule has 0 saturated carbocycles. The van der Waals surface area contributed by atoms with Gasteiger partial charge in [-0.15, -0.1) is 0 Å². The zero-order valence-electron chi connectivity index (χ0n) is 15.4. The van der Waals surface area contributed by atoms with Crippen LogP contribution in [-0.4, -0.2) is 41.6 Å². The summed E-state index contributed by atoms with van der Waals surface area (Å²) in [6.45, 7) is 0.688. The number of sulfonamides is 1. The Kier molecular flexibility index (Phi) is 5.69. The number of nitrogens with one attached hydrogen (secondary N) is 1. The van der Waals surface area contributed by atoms with E-state index in [2.05, 4.69) is 5.32 Å². The molecule has 3 N–H and O–H groups in total. The van der Waals surface area contributed by atoms with E-state index in [9.17, 15) is 13.2 Å². The van der Waals surface area contributed by atoms with Gasteiger partial charge in [0.15, 0.2) is 0 Å². The molecular formula is C18H20ClN3O5S. The standard InChI is InChI=1S/C18H20ClN3O5S/c1-26-16-9-14(17(27-2)8-13(16)19)21-18(23)10-22-6-5-11-7-12(28(20,24)25)3-4-15(11)22/h3-4,7-9H,5-6,10H2,1-2H3,(H,21,23)(H2,20,24,25). The van der Waals surface area contributed by atoms with E-state index in [1.807, 2.05) is 4.90 Å². The van der Waals surface area contributed by atoms with Crippen molar-refractivity contribution in [2.75, 3.05) is 37.5 Å². The van der Waals surface area contributed by atoms with Gasteiger partial charge in [0.25, 0.3) is 0 Å². The molecule has 1 amide bonds. The highest BCUT2D eigenvalue weighted by Crippen LogP contribution is 2.36. The summed E-state index contributed by atoms with van der Waals surface area (Å²) < 4.78 is 33.4. The van der Waals surface area contributed by atoms with Gasteiger partial charge in [0, 0.05) is 24.4 Å². The van der Waals surface area contributed by atoms with Crippen LogP contribution in [-0.2, 0) is 21.2 Å². The van der Waals surface area contributed by atoms with Crippen LogP contribution in [0.4, 0.5) is 11.4 Å². The van der Waals surface area contributed by atoms with Gasteiger partial charge in [-0.2, -0.15) is 0 Å². The van der Waals surface area contributed by atoms with Gasteiger partial charge >= 0.3 is 0 Å². The highest BCUT2D eigenvalue weighted by molar-refractivity contribution is 7.89. The molecule has 0 atom stereocenters. The maximum Gasteiger partial charge on any atom is 0.243 e. The van der Waals surface area contributed by atoms with Crippen LogP contribution in [0.15, 0.2) is 35.2 Å². The Morgan fingerprint density at radius 2 is 1.93 bits per heavy atom. The molecule has 1 aliphatic heterocycles. The number of hydrogen-bond acceptors (Lipinski definition) is 6. The molecule has 2 aromatic rings. The van der Waals surface area contributed by atoms with Gasteiger partial charge in [-0.25, -0.2) is 13.6 Å². The maximum atomic E-state index is 12.6.